The first kappa shape index (κ1) is 23.5. The molecule has 188 valence electrons. The van der Waals surface area contributed by atoms with Crippen LogP contribution in [0.4, 0.5) is 5.00 Å². The Morgan fingerprint density at radius 2 is 1.97 bits per heavy atom. The average Bonchev–Trinajstić information content (AvgIpc) is 3.51. The Bertz CT molecular complexity index is 1540. The second-order valence-electron chi connectivity index (χ2n) is 9.56. The molecule has 8 heteroatoms. The number of benzene rings is 2. The summed E-state index contributed by atoms with van der Waals surface area (Å²) < 4.78 is 11.0. The van der Waals surface area contributed by atoms with Crippen LogP contribution < -0.4 is 20.5 Å². The lowest BCUT2D eigenvalue weighted by molar-refractivity contribution is 0.1000. The molecule has 2 aromatic carbocycles. The topological polar surface area (TPSA) is 104 Å². The van der Waals surface area contributed by atoms with Crippen molar-refractivity contribution in [1.82, 2.24) is 4.98 Å². The van der Waals surface area contributed by atoms with Crippen LogP contribution >= 0.6 is 11.3 Å². The van der Waals surface area contributed by atoms with Crippen molar-refractivity contribution in [2.45, 2.75) is 39.0 Å². The number of hydrogen-bond donors (Lipinski definition) is 2. The maximum atomic E-state index is 13.7. The van der Waals surface area contributed by atoms with Gasteiger partial charge >= 0.3 is 0 Å². The minimum absolute atomic E-state index is 0.184. The molecule has 7 nitrogen and oxygen atoms in total. The van der Waals surface area contributed by atoms with Gasteiger partial charge < -0.3 is 20.5 Å². The molecule has 0 saturated heterocycles. The van der Waals surface area contributed by atoms with Crippen molar-refractivity contribution < 1.29 is 19.1 Å². The number of primary amides is 1. The number of anilines is 1. The van der Waals surface area contributed by atoms with Crippen LogP contribution in [0.5, 0.6) is 11.5 Å². The predicted molar refractivity (Wildman–Crippen MR) is 145 cm³/mol. The van der Waals surface area contributed by atoms with Crippen LogP contribution in [0.1, 0.15) is 57.3 Å². The van der Waals surface area contributed by atoms with Gasteiger partial charge in [-0.25, -0.2) is 4.98 Å². The van der Waals surface area contributed by atoms with Crippen LogP contribution in [0.2, 0.25) is 0 Å². The lowest BCUT2D eigenvalue weighted by Crippen LogP contribution is -2.20. The van der Waals surface area contributed by atoms with Crippen LogP contribution in [0.25, 0.3) is 22.2 Å². The number of ether oxygens (including phenoxy) is 2. The normalized spacial score (nSPS) is 16.0. The second kappa shape index (κ2) is 9.52. The Morgan fingerprint density at radius 1 is 1.14 bits per heavy atom. The molecule has 0 radical (unpaired) electrons. The van der Waals surface area contributed by atoms with E-state index in [4.69, 9.17) is 20.2 Å². The Balaban J connectivity index is 1.38. The number of nitrogens with two attached hydrogens (primary N) is 1. The maximum absolute atomic E-state index is 13.7. The van der Waals surface area contributed by atoms with E-state index in [-0.39, 0.29) is 12.7 Å². The van der Waals surface area contributed by atoms with Crippen molar-refractivity contribution in [2.24, 2.45) is 11.7 Å². The summed E-state index contributed by atoms with van der Waals surface area (Å²) in [6, 6.07) is 14.9. The summed E-state index contributed by atoms with van der Waals surface area (Å²) in [5, 5.41) is 4.29. The fourth-order valence-corrected chi connectivity index (χ4v) is 6.76. The number of amides is 2. The molecule has 1 atom stereocenters. The SMILES string of the molecule is CCCC1CCc2c(sc(NC(=O)c3cc(-c4ccc5c(c4)OCO5)nc4ccccc34)c2C(N)=O)C1. The molecule has 2 aliphatic rings. The van der Waals surface area contributed by atoms with Crippen LogP contribution in [0, 0.1) is 5.92 Å². The number of carbonyl (C=O) groups is 2. The first-order chi connectivity index (χ1) is 18.0. The van der Waals surface area contributed by atoms with Crippen LogP contribution in [-0.4, -0.2) is 23.6 Å². The predicted octanol–water partition coefficient (Wildman–Crippen LogP) is 5.95. The second-order valence-corrected chi connectivity index (χ2v) is 10.7. The van der Waals surface area contributed by atoms with Gasteiger partial charge in [-0.15, -0.1) is 11.3 Å². The first-order valence-electron chi connectivity index (χ1n) is 12.6. The fraction of sp³-hybridized carbons (Fsp3) is 0.276. The number of carbonyl (C=O) groups excluding carboxylic acids is 2. The largest absolute Gasteiger partial charge is 0.454 e. The van der Waals surface area contributed by atoms with Gasteiger partial charge in [0.1, 0.15) is 5.00 Å². The number of pyridine rings is 1. The number of fused-ring (bicyclic) bond motifs is 3. The van der Waals surface area contributed by atoms with Gasteiger partial charge in [0.15, 0.2) is 11.5 Å². The van der Waals surface area contributed by atoms with E-state index in [1.165, 1.54) is 11.3 Å². The highest BCUT2D eigenvalue weighted by Gasteiger charge is 2.29. The van der Waals surface area contributed by atoms with Gasteiger partial charge in [-0.1, -0.05) is 38.0 Å². The lowest BCUT2D eigenvalue weighted by atomic mass is 9.84. The zero-order valence-electron chi connectivity index (χ0n) is 20.5. The number of nitrogens with one attached hydrogen (secondary N) is 1. The molecule has 2 amide bonds. The van der Waals surface area contributed by atoms with Crippen molar-refractivity contribution in [1.29, 1.82) is 0 Å². The van der Waals surface area contributed by atoms with E-state index in [9.17, 15) is 9.59 Å². The number of nitrogens with zero attached hydrogens (tertiary/aromatic N) is 1. The monoisotopic (exact) mass is 513 g/mol. The molecule has 1 aliphatic heterocycles. The van der Waals surface area contributed by atoms with Crippen molar-refractivity contribution in [3.8, 4) is 22.8 Å². The molecular formula is C29H27N3O4S. The fourth-order valence-electron chi connectivity index (χ4n) is 5.40. The Morgan fingerprint density at radius 3 is 2.81 bits per heavy atom. The summed E-state index contributed by atoms with van der Waals surface area (Å²) >= 11 is 1.48. The molecule has 0 fully saturated rings. The molecule has 2 aromatic heterocycles. The van der Waals surface area contributed by atoms with E-state index in [2.05, 4.69) is 12.2 Å². The molecule has 0 bridgehead atoms. The van der Waals surface area contributed by atoms with Crippen LogP contribution in [0.15, 0.2) is 48.5 Å². The summed E-state index contributed by atoms with van der Waals surface area (Å²) in [4.78, 5) is 32.2. The molecular weight excluding hydrogens is 486 g/mol. The molecule has 3 N–H and O–H groups in total. The molecule has 1 unspecified atom stereocenters. The number of aromatic nitrogens is 1. The maximum Gasteiger partial charge on any atom is 0.257 e. The van der Waals surface area contributed by atoms with E-state index in [1.54, 1.807) is 6.07 Å². The molecule has 1 aliphatic carbocycles. The summed E-state index contributed by atoms with van der Waals surface area (Å²) in [5.74, 6) is 1.14. The summed E-state index contributed by atoms with van der Waals surface area (Å²) in [6.07, 6.45) is 5.09. The van der Waals surface area contributed by atoms with Gasteiger partial charge in [-0.3, -0.25) is 9.59 Å². The summed E-state index contributed by atoms with van der Waals surface area (Å²) in [6.45, 7) is 2.38. The zero-order valence-corrected chi connectivity index (χ0v) is 21.3. The highest BCUT2D eigenvalue weighted by molar-refractivity contribution is 7.17. The van der Waals surface area contributed by atoms with E-state index in [0.717, 1.165) is 53.5 Å². The first-order valence-corrected chi connectivity index (χ1v) is 13.4. The van der Waals surface area contributed by atoms with Crippen LogP contribution in [0.3, 0.4) is 0 Å². The summed E-state index contributed by atoms with van der Waals surface area (Å²) in [7, 11) is 0. The van der Waals surface area contributed by atoms with Gasteiger partial charge in [0.25, 0.3) is 11.8 Å². The van der Waals surface area contributed by atoms with Crippen molar-refractivity contribution in [3.05, 3.63) is 70.1 Å². The number of rotatable bonds is 6. The van der Waals surface area contributed by atoms with E-state index < -0.39 is 5.91 Å². The average molecular weight is 514 g/mol. The third-order valence-electron chi connectivity index (χ3n) is 7.17. The molecule has 0 spiro atoms. The summed E-state index contributed by atoms with van der Waals surface area (Å²) in [5.41, 5.74) is 9.90. The minimum Gasteiger partial charge on any atom is -0.454 e. The Labute approximate surface area is 218 Å². The highest BCUT2D eigenvalue weighted by atomic mass is 32.1. The standard InChI is InChI=1S/C29H27N3O4S/c1-2-5-16-8-10-19-25(12-16)37-29(26(19)27(30)33)32-28(34)20-14-22(31-21-7-4-3-6-18(20)21)17-9-11-23-24(13-17)36-15-35-23/h3-4,6-7,9,11,13-14,16H,2,5,8,10,12,15H2,1H3,(H2,30,33)(H,32,34). The Hall–Kier alpha value is -3.91. The van der Waals surface area contributed by atoms with E-state index in [1.807, 2.05) is 42.5 Å². The molecule has 37 heavy (non-hydrogen) atoms. The molecule has 4 aromatic rings. The third kappa shape index (κ3) is 4.31. The van der Waals surface area contributed by atoms with Gasteiger partial charge in [0.05, 0.1) is 22.3 Å². The quantitative estimate of drug-likeness (QED) is 0.332. The van der Waals surface area contributed by atoms with Gasteiger partial charge in [-0.2, -0.15) is 0 Å². The van der Waals surface area contributed by atoms with Crippen LogP contribution in [-0.2, 0) is 12.8 Å². The number of para-hydroxylation sites is 1. The van der Waals surface area contributed by atoms with Gasteiger partial charge in [0.2, 0.25) is 6.79 Å². The number of hydrogen-bond acceptors (Lipinski definition) is 6. The molecule has 3 heterocycles. The van der Waals surface area contributed by atoms with E-state index >= 15 is 0 Å². The van der Waals surface area contributed by atoms with Gasteiger partial charge in [-0.05, 0) is 61.1 Å². The Kier molecular flexibility index (Phi) is 6.04. The number of thiophene rings is 1. The highest BCUT2D eigenvalue weighted by Crippen LogP contribution is 2.41. The molecule has 0 saturated carbocycles. The zero-order chi connectivity index (χ0) is 25.5. The minimum atomic E-state index is -0.498. The van der Waals surface area contributed by atoms with Gasteiger partial charge in [0, 0.05) is 15.8 Å². The molecule has 6 rings (SSSR count). The van der Waals surface area contributed by atoms with E-state index in [0.29, 0.717) is 44.8 Å². The van der Waals surface area contributed by atoms with Crippen molar-refractivity contribution in [2.75, 3.05) is 12.1 Å². The lowest BCUT2D eigenvalue weighted by Gasteiger charge is -2.21. The van der Waals surface area contributed by atoms with Crippen molar-refractivity contribution >= 4 is 39.1 Å². The smallest absolute Gasteiger partial charge is 0.257 e. The van der Waals surface area contributed by atoms with Crippen molar-refractivity contribution in [3.63, 3.8) is 0 Å². The third-order valence-corrected chi connectivity index (χ3v) is 8.34.